The standard InChI is InChI=1S/C11H12F2O3.C2H6/c1-7-4-3-5-8(6-9(14)15-2)10(7)16-11(12)13;1-2/h3-5,11H,6H2,1-2H3;1-2H3. The summed E-state index contributed by atoms with van der Waals surface area (Å²) in [5.41, 5.74) is 0.953. The molecular formula is C13H18F2O3. The molecule has 0 aromatic heterocycles. The first-order valence-electron chi connectivity index (χ1n) is 5.64. The number of para-hydroxylation sites is 1. The Balaban J connectivity index is 0.00000137. The van der Waals surface area contributed by atoms with Crippen molar-refractivity contribution in [3.05, 3.63) is 29.3 Å². The molecule has 0 heterocycles. The second-order valence-electron chi connectivity index (χ2n) is 3.19. The summed E-state index contributed by atoms with van der Waals surface area (Å²) in [5.74, 6) is -0.451. The van der Waals surface area contributed by atoms with Gasteiger partial charge in [-0.1, -0.05) is 32.0 Å². The Hall–Kier alpha value is -1.65. The average molecular weight is 260 g/mol. The molecule has 0 amide bonds. The summed E-state index contributed by atoms with van der Waals surface area (Å²) in [5, 5.41) is 0. The van der Waals surface area contributed by atoms with E-state index in [2.05, 4.69) is 9.47 Å². The Labute approximate surface area is 106 Å². The van der Waals surface area contributed by atoms with Crippen LogP contribution < -0.4 is 4.74 Å². The number of esters is 1. The molecule has 1 aromatic rings. The molecule has 0 radical (unpaired) electrons. The van der Waals surface area contributed by atoms with Crippen LogP contribution in [-0.4, -0.2) is 19.7 Å². The Morgan fingerprint density at radius 3 is 2.44 bits per heavy atom. The number of halogens is 2. The van der Waals surface area contributed by atoms with E-state index < -0.39 is 12.6 Å². The molecule has 5 heteroatoms. The number of hydrogen-bond acceptors (Lipinski definition) is 3. The van der Waals surface area contributed by atoms with Crippen LogP contribution in [0.25, 0.3) is 0 Å². The van der Waals surface area contributed by atoms with Crippen molar-refractivity contribution in [2.24, 2.45) is 0 Å². The SMILES string of the molecule is CC.COC(=O)Cc1cccc(C)c1OC(F)F. The molecule has 0 bridgehead atoms. The summed E-state index contributed by atoms with van der Waals surface area (Å²) >= 11 is 0. The molecule has 0 unspecified atom stereocenters. The van der Waals surface area contributed by atoms with Crippen molar-refractivity contribution in [3.8, 4) is 5.75 Å². The molecule has 0 aliphatic heterocycles. The first-order valence-corrected chi connectivity index (χ1v) is 5.64. The molecule has 0 aliphatic rings. The Morgan fingerprint density at radius 1 is 1.33 bits per heavy atom. The van der Waals surface area contributed by atoms with Crippen molar-refractivity contribution >= 4 is 5.97 Å². The lowest BCUT2D eigenvalue weighted by atomic mass is 10.1. The highest BCUT2D eigenvalue weighted by Crippen LogP contribution is 2.25. The minimum Gasteiger partial charge on any atom is -0.469 e. The first kappa shape index (κ1) is 16.4. The van der Waals surface area contributed by atoms with Crippen LogP contribution in [0.2, 0.25) is 0 Å². The number of rotatable bonds is 4. The predicted octanol–water partition coefficient (Wildman–Crippen LogP) is 3.34. The Morgan fingerprint density at radius 2 is 1.94 bits per heavy atom. The fourth-order valence-electron chi connectivity index (χ4n) is 1.34. The number of carbonyl (C=O) groups is 1. The number of hydrogen-bond donors (Lipinski definition) is 0. The number of aryl methyl sites for hydroxylation is 1. The third kappa shape index (κ3) is 5.12. The van der Waals surface area contributed by atoms with Crippen molar-refractivity contribution in [2.75, 3.05) is 7.11 Å². The number of alkyl halides is 2. The second-order valence-corrected chi connectivity index (χ2v) is 3.19. The normalized spacial score (nSPS) is 9.50. The fraction of sp³-hybridized carbons (Fsp3) is 0.462. The van der Waals surface area contributed by atoms with Gasteiger partial charge in [0, 0.05) is 5.56 Å². The molecule has 102 valence electrons. The van der Waals surface area contributed by atoms with E-state index in [4.69, 9.17) is 0 Å². The fourth-order valence-corrected chi connectivity index (χ4v) is 1.34. The number of benzene rings is 1. The molecule has 0 aliphatic carbocycles. The van der Waals surface area contributed by atoms with E-state index in [-0.39, 0.29) is 12.2 Å². The molecule has 0 fully saturated rings. The van der Waals surface area contributed by atoms with Crippen LogP contribution in [0, 0.1) is 6.92 Å². The summed E-state index contributed by atoms with van der Waals surface area (Å²) in [6.07, 6.45) is -0.0831. The van der Waals surface area contributed by atoms with E-state index in [1.807, 2.05) is 13.8 Å². The summed E-state index contributed by atoms with van der Waals surface area (Å²) in [6.45, 7) is 2.73. The second kappa shape index (κ2) is 8.44. The summed E-state index contributed by atoms with van der Waals surface area (Å²) in [6, 6.07) is 4.87. The van der Waals surface area contributed by atoms with Crippen molar-refractivity contribution in [1.29, 1.82) is 0 Å². The lowest BCUT2D eigenvalue weighted by Crippen LogP contribution is -2.10. The van der Waals surface area contributed by atoms with E-state index in [9.17, 15) is 13.6 Å². The monoisotopic (exact) mass is 260 g/mol. The molecule has 1 rings (SSSR count). The molecule has 3 nitrogen and oxygen atoms in total. The smallest absolute Gasteiger partial charge is 0.387 e. The Kier molecular flexibility index (Phi) is 7.67. The van der Waals surface area contributed by atoms with Crippen LogP contribution >= 0.6 is 0 Å². The van der Waals surface area contributed by atoms with Gasteiger partial charge in [-0.2, -0.15) is 8.78 Å². The maximum Gasteiger partial charge on any atom is 0.387 e. The molecular weight excluding hydrogens is 242 g/mol. The zero-order valence-corrected chi connectivity index (χ0v) is 11.0. The van der Waals surface area contributed by atoms with Gasteiger partial charge in [0.05, 0.1) is 13.5 Å². The van der Waals surface area contributed by atoms with Gasteiger partial charge >= 0.3 is 12.6 Å². The average Bonchev–Trinajstić information content (AvgIpc) is 2.35. The maximum atomic E-state index is 12.2. The van der Waals surface area contributed by atoms with E-state index in [0.717, 1.165) is 0 Å². The lowest BCUT2D eigenvalue weighted by molar-refractivity contribution is -0.139. The van der Waals surface area contributed by atoms with E-state index in [1.165, 1.54) is 7.11 Å². The highest BCUT2D eigenvalue weighted by atomic mass is 19.3. The van der Waals surface area contributed by atoms with Crippen LogP contribution in [0.5, 0.6) is 5.75 Å². The summed E-state index contributed by atoms with van der Waals surface area (Å²) < 4.78 is 33.2. The van der Waals surface area contributed by atoms with Gasteiger partial charge in [0.1, 0.15) is 5.75 Å². The van der Waals surface area contributed by atoms with Crippen molar-refractivity contribution in [1.82, 2.24) is 0 Å². The van der Waals surface area contributed by atoms with Crippen LogP contribution in [0.3, 0.4) is 0 Å². The third-order valence-electron chi connectivity index (χ3n) is 2.06. The first-order chi connectivity index (χ1) is 8.54. The largest absolute Gasteiger partial charge is 0.469 e. The quantitative estimate of drug-likeness (QED) is 0.779. The molecule has 18 heavy (non-hydrogen) atoms. The van der Waals surface area contributed by atoms with Crippen molar-refractivity contribution in [2.45, 2.75) is 33.8 Å². The van der Waals surface area contributed by atoms with Gasteiger partial charge in [-0.05, 0) is 12.5 Å². The van der Waals surface area contributed by atoms with Crippen molar-refractivity contribution in [3.63, 3.8) is 0 Å². The van der Waals surface area contributed by atoms with Gasteiger partial charge < -0.3 is 9.47 Å². The van der Waals surface area contributed by atoms with Crippen LogP contribution in [0.15, 0.2) is 18.2 Å². The third-order valence-corrected chi connectivity index (χ3v) is 2.06. The van der Waals surface area contributed by atoms with Crippen molar-refractivity contribution < 1.29 is 23.0 Å². The number of carbonyl (C=O) groups excluding carboxylic acids is 1. The Bertz CT molecular complexity index is 378. The van der Waals surface area contributed by atoms with E-state index >= 15 is 0 Å². The van der Waals surface area contributed by atoms with Crippen LogP contribution in [-0.2, 0) is 16.0 Å². The highest BCUT2D eigenvalue weighted by molar-refractivity contribution is 5.73. The molecule has 1 aromatic carbocycles. The summed E-state index contributed by atoms with van der Waals surface area (Å²) in [4.78, 5) is 11.1. The van der Waals surface area contributed by atoms with Gasteiger partial charge in [-0.3, -0.25) is 4.79 Å². The van der Waals surface area contributed by atoms with Gasteiger partial charge in [0.25, 0.3) is 0 Å². The maximum absolute atomic E-state index is 12.2. The van der Waals surface area contributed by atoms with Gasteiger partial charge in [-0.15, -0.1) is 0 Å². The highest BCUT2D eigenvalue weighted by Gasteiger charge is 2.14. The topological polar surface area (TPSA) is 35.5 Å². The van der Waals surface area contributed by atoms with Gasteiger partial charge in [0.2, 0.25) is 0 Å². The number of methoxy groups -OCH3 is 1. The predicted molar refractivity (Wildman–Crippen MR) is 64.9 cm³/mol. The zero-order valence-electron chi connectivity index (χ0n) is 11.0. The van der Waals surface area contributed by atoms with Crippen LogP contribution in [0.1, 0.15) is 25.0 Å². The van der Waals surface area contributed by atoms with Crippen LogP contribution in [0.4, 0.5) is 8.78 Å². The van der Waals surface area contributed by atoms with Gasteiger partial charge in [-0.25, -0.2) is 0 Å². The summed E-state index contributed by atoms with van der Waals surface area (Å²) in [7, 11) is 1.24. The lowest BCUT2D eigenvalue weighted by Gasteiger charge is -2.12. The van der Waals surface area contributed by atoms with E-state index in [1.54, 1.807) is 25.1 Å². The molecule has 0 saturated carbocycles. The zero-order chi connectivity index (χ0) is 14.1. The molecule has 0 N–H and O–H groups in total. The minimum atomic E-state index is -2.91. The number of ether oxygens (including phenoxy) is 2. The van der Waals surface area contributed by atoms with E-state index in [0.29, 0.717) is 11.1 Å². The molecule has 0 atom stereocenters. The minimum absolute atomic E-state index is 0.0444. The molecule has 0 spiro atoms. The van der Waals surface area contributed by atoms with Gasteiger partial charge in [0.15, 0.2) is 0 Å². The molecule has 0 saturated heterocycles.